The molecule has 1 unspecified atom stereocenters. The molecule has 0 aromatic heterocycles. The molecule has 0 aliphatic carbocycles. The Hall–Kier alpha value is 0.0500. The Morgan fingerprint density at radius 3 is 1.79 bits per heavy atom. The summed E-state index contributed by atoms with van der Waals surface area (Å²) in [5.41, 5.74) is 0.252. The average molecular weight is 306 g/mol. The standard InChI is InChI=1S/C12H27N5S2/c1-14(2)7-9-17(10-8-15(3)4)12-13-11(16(5)6)18-19-12/h12H,7-10H2,1-6H3. The number of hydrogen-bond acceptors (Lipinski definition) is 7. The second kappa shape index (κ2) is 8.36. The Bertz CT molecular complexity index is 282. The zero-order chi connectivity index (χ0) is 14.4. The summed E-state index contributed by atoms with van der Waals surface area (Å²) < 4.78 is 0. The van der Waals surface area contributed by atoms with Crippen LogP contribution in [0, 0.1) is 0 Å². The van der Waals surface area contributed by atoms with Gasteiger partial charge in [-0.1, -0.05) is 0 Å². The fourth-order valence-corrected chi connectivity index (χ4v) is 4.14. The molecule has 1 aliphatic heterocycles. The normalized spacial score (nSPS) is 19.6. The van der Waals surface area contributed by atoms with Crippen LogP contribution < -0.4 is 0 Å². The van der Waals surface area contributed by atoms with Gasteiger partial charge in [0.25, 0.3) is 0 Å². The summed E-state index contributed by atoms with van der Waals surface area (Å²) in [5, 5.41) is 1.12. The molecule has 1 heterocycles. The molecule has 7 heteroatoms. The van der Waals surface area contributed by atoms with Gasteiger partial charge in [-0.05, 0) is 49.8 Å². The zero-order valence-electron chi connectivity index (χ0n) is 13.0. The summed E-state index contributed by atoms with van der Waals surface area (Å²) in [6.45, 7) is 4.26. The molecule has 0 fully saturated rings. The van der Waals surface area contributed by atoms with E-state index in [9.17, 15) is 0 Å². The predicted octanol–water partition coefficient (Wildman–Crippen LogP) is 1.01. The number of aliphatic imine (C=N–C) groups is 1. The third-order valence-corrected chi connectivity index (χ3v) is 5.34. The van der Waals surface area contributed by atoms with Crippen LogP contribution in [-0.2, 0) is 0 Å². The van der Waals surface area contributed by atoms with E-state index in [2.05, 4.69) is 61.9 Å². The van der Waals surface area contributed by atoms with Crippen molar-refractivity contribution in [2.45, 2.75) is 5.50 Å². The number of amidine groups is 1. The van der Waals surface area contributed by atoms with Crippen molar-refractivity contribution in [1.82, 2.24) is 19.6 Å². The molecule has 0 saturated heterocycles. The van der Waals surface area contributed by atoms with E-state index in [1.165, 1.54) is 0 Å². The van der Waals surface area contributed by atoms with E-state index in [4.69, 9.17) is 4.99 Å². The molecule has 0 amide bonds. The first kappa shape index (κ1) is 17.1. The highest BCUT2D eigenvalue weighted by Gasteiger charge is 2.26. The highest BCUT2D eigenvalue weighted by atomic mass is 33.1. The summed E-state index contributed by atoms with van der Waals surface area (Å²) in [4.78, 5) is 13.8. The highest BCUT2D eigenvalue weighted by Crippen LogP contribution is 2.38. The lowest BCUT2D eigenvalue weighted by Crippen LogP contribution is -2.40. The summed E-state index contributed by atoms with van der Waals surface area (Å²) in [6, 6.07) is 0. The number of likely N-dealkylation sites (N-methyl/N-ethyl adjacent to an activating group) is 2. The monoisotopic (exact) mass is 305 g/mol. The van der Waals surface area contributed by atoms with Crippen molar-refractivity contribution in [1.29, 1.82) is 0 Å². The van der Waals surface area contributed by atoms with Gasteiger partial charge in [-0.15, -0.1) is 0 Å². The van der Waals surface area contributed by atoms with Crippen LogP contribution in [-0.4, -0.2) is 98.7 Å². The van der Waals surface area contributed by atoms with E-state index in [-0.39, 0.29) is 5.50 Å². The van der Waals surface area contributed by atoms with Crippen molar-refractivity contribution in [2.24, 2.45) is 4.99 Å². The molecule has 0 N–H and O–H groups in total. The van der Waals surface area contributed by atoms with Crippen molar-refractivity contribution >= 4 is 26.8 Å². The van der Waals surface area contributed by atoms with E-state index in [0.717, 1.165) is 31.3 Å². The minimum absolute atomic E-state index is 0.252. The summed E-state index contributed by atoms with van der Waals surface area (Å²) in [7, 11) is 16.2. The van der Waals surface area contributed by atoms with Crippen molar-refractivity contribution in [3.05, 3.63) is 0 Å². The van der Waals surface area contributed by atoms with Gasteiger partial charge in [0.15, 0.2) is 10.7 Å². The van der Waals surface area contributed by atoms with Crippen LogP contribution in [0.4, 0.5) is 0 Å². The van der Waals surface area contributed by atoms with Gasteiger partial charge in [0.2, 0.25) is 0 Å². The minimum atomic E-state index is 0.252. The fraction of sp³-hybridized carbons (Fsp3) is 0.917. The predicted molar refractivity (Wildman–Crippen MR) is 88.8 cm³/mol. The van der Waals surface area contributed by atoms with Crippen LogP contribution in [0.3, 0.4) is 0 Å². The Labute approximate surface area is 125 Å². The lowest BCUT2D eigenvalue weighted by molar-refractivity contribution is 0.210. The molecule has 0 aromatic carbocycles. The maximum atomic E-state index is 4.80. The number of nitrogens with zero attached hydrogens (tertiary/aromatic N) is 5. The first-order valence-electron chi connectivity index (χ1n) is 6.52. The smallest absolute Gasteiger partial charge is 0.172 e. The van der Waals surface area contributed by atoms with Gasteiger partial charge in [-0.2, -0.15) is 0 Å². The molecule has 112 valence electrons. The van der Waals surface area contributed by atoms with E-state index >= 15 is 0 Å². The van der Waals surface area contributed by atoms with Crippen molar-refractivity contribution in [3.8, 4) is 0 Å². The van der Waals surface area contributed by atoms with Gasteiger partial charge in [-0.3, -0.25) is 4.90 Å². The summed E-state index contributed by atoms with van der Waals surface area (Å²) in [6.07, 6.45) is 0. The van der Waals surface area contributed by atoms with Crippen molar-refractivity contribution in [2.75, 3.05) is 68.5 Å². The van der Waals surface area contributed by atoms with Gasteiger partial charge in [0, 0.05) is 40.3 Å². The Balaban J connectivity index is 2.57. The molecule has 0 bridgehead atoms. The SMILES string of the molecule is CN(C)CCN(CCN(C)C)C1N=C(N(C)C)SS1. The van der Waals surface area contributed by atoms with Gasteiger partial charge in [-0.25, -0.2) is 4.99 Å². The molecular formula is C12H27N5S2. The quantitative estimate of drug-likeness (QED) is 0.651. The Morgan fingerprint density at radius 2 is 1.42 bits per heavy atom. The van der Waals surface area contributed by atoms with Crippen LogP contribution >= 0.6 is 21.6 Å². The molecule has 1 rings (SSSR count). The molecule has 0 aromatic rings. The molecule has 1 aliphatic rings. The highest BCUT2D eigenvalue weighted by molar-refractivity contribution is 8.82. The van der Waals surface area contributed by atoms with Crippen LogP contribution in [0.25, 0.3) is 0 Å². The lowest BCUT2D eigenvalue weighted by Gasteiger charge is -2.28. The first-order chi connectivity index (χ1) is 8.90. The van der Waals surface area contributed by atoms with E-state index in [0.29, 0.717) is 0 Å². The maximum Gasteiger partial charge on any atom is 0.172 e. The fourth-order valence-electron chi connectivity index (χ4n) is 1.55. The molecule has 5 nitrogen and oxygen atoms in total. The van der Waals surface area contributed by atoms with E-state index in [1.807, 2.05) is 10.8 Å². The van der Waals surface area contributed by atoms with Gasteiger partial charge < -0.3 is 14.7 Å². The van der Waals surface area contributed by atoms with Gasteiger partial charge >= 0.3 is 0 Å². The molecule has 0 saturated carbocycles. The average Bonchev–Trinajstić information content (AvgIpc) is 2.77. The van der Waals surface area contributed by atoms with E-state index < -0.39 is 0 Å². The molecular weight excluding hydrogens is 278 g/mol. The third-order valence-electron chi connectivity index (χ3n) is 2.79. The third kappa shape index (κ3) is 6.35. The van der Waals surface area contributed by atoms with Crippen LogP contribution in [0.15, 0.2) is 4.99 Å². The molecule has 0 spiro atoms. The van der Waals surface area contributed by atoms with Crippen LogP contribution in [0.5, 0.6) is 0 Å². The summed E-state index contributed by atoms with van der Waals surface area (Å²) >= 11 is 0. The Kier molecular flexibility index (Phi) is 7.53. The lowest BCUT2D eigenvalue weighted by atomic mass is 10.4. The largest absolute Gasteiger partial charge is 0.357 e. The first-order valence-corrected chi connectivity index (χ1v) is 8.73. The van der Waals surface area contributed by atoms with Crippen LogP contribution in [0.1, 0.15) is 0 Å². The van der Waals surface area contributed by atoms with Gasteiger partial charge in [0.1, 0.15) is 0 Å². The number of rotatable bonds is 7. The summed E-state index contributed by atoms with van der Waals surface area (Å²) in [5.74, 6) is 0. The zero-order valence-corrected chi connectivity index (χ0v) is 14.6. The van der Waals surface area contributed by atoms with Crippen LogP contribution in [0.2, 0.25) is 0 Å². The molecule has 0 radical (unpaired) electrons. The maximum absolute atomic E-state index is 4.80. The minimum Gasteiger partial charge on any atom is -0.357 e. The second-order valence-electron chi connectivity index (χ2n) is 5.45. The Morgan fingerprint density at radius 1 is 0.895 bits per heavy atom. The topological polar surface area (TPSA) is 25.3 Å². The second-order valence-corrected chi connectivity index (χ2v) is 7.68. The van der Waals surface area contributed by atoms with E-state index in [1.54, 1.807) is 10.8 Å². The molecule has 1 atom stereocenters. The van der Waals surface area contributed by atoms with Crippen molar-refractivity contribution in [3.63, 3.8) is 0 Å². The van der Waals surface area contributed by atoms with Gasteiger partial charge in [0.05, 0.1) is 0 Å². The van der Waals surface area contributed by atoms with Crippen molar-refractivity contribution < 1.29 is 0 Å². The molecule has 19 heavy (non-hydrogen) atoms. The number of hydrogen-bond donors (Lipinski definition) is 0.